The molecule has 35 heavy (non-hydrogen) atoms. The summed E-state index contributed by atoms with van der Waals surface area (Å²) in [5.74, 6) is 3.29. The second-order valence-corrected chi connectivity index (χ2v) is 12.0. The molecule has 6 aliphatic rings. The summed E-state index contributed by atoms with van der Waals surface area (Å²) in [5.41, 5.74) is -0.0797. The van der Waals surface area contributed by atoms with E-state index in [0.717, 1.165) is 56.5 Å². The van der Waals surface area contributed by atoms with Crippen LogP contribution in [0, 0.1) is 17.8 Å². The van der Waals surface area contributed by atoms with Crippen LogP contribution in [0.1, 0.15) is 90.9 Å². The molecule has 1 N–H and O–H groups in total. The quantitative estimate of drug-likeness (QED) is 0.547. The highest BCUT2D eigenvalue weighted by atomic mass is 16.6. The van der Waals surface area contributed by atoms with Crippen molar-refractivity contribution in [1.29, 1.82) is 0 Å². The molecule has 0 radical (unpaired) electrons. The Labute approximate surface area is 209 Å². The highest BCUT2D eigenvalue weighted by Gasteiger charge is 2.56. The van der Waals surface area contributed by atoms with E-state index in [4.69, 9.17) is 14.2 Å². The number of hydrogen-bond acceptors (Lipinski definition) is 6. The number of ether oxygens (including phenoxy) is 3. The van der Waals surface area contributed by atoms with E-state index < -0.39 is 5.60 Å². The molecule has 1 aliphatic carbocycles. The summed E-state index contributed by atoms with van der Waals surface area (Å²) >= 11 is 0. The Kier molecular flexibility index (Phi) is 6.03. The number of fused-ring (bicyclic) bond motifs is 2. The van der Waals surface area contributed by atoms with Gasteiger partial charge in [-0.15, -0.1) is 0 Å². The summed E-state index contributed by atoms with van der Waals surface area (Å²) < 4.78 is 17.7. The van der Waals surface area contributed by atoms with Gasteiger partial charge < -0.3 is 19.3 Å². The average Bonchev–Trinajstić information content (AvgIpc) is 3.27. The molecule has 6 heteroatoms. The van der Waals surface area contributed by atoms with Crippen molar-refractivity contribution in [1.82, 2.24) is 4.90 Å². The van der Waals surface area contributed by atoms with Crippen molar-refractivity contribution in [2.75, 3.05) is 7.11 Å². The molecule has 6 nitrogen and oxygen atoms in total. The third-order valence-electron chi connectivity index (χ3n) is 10.0. The molecule has 6 atom stereocenters. The second kappa shape index (κ2) is 8.95. The van der Waals surface area contributed by atoms with Crippen molar-refractivity contribution in [3.8, 4) is 0 Å². The summed E-state index contributed by atoms with van der Waals surface area (Å²) in [6.07, 6.45) is 16.1. The number of carbonyl (C=O) groups is 1. The van der Waals surface area contributed by atoms with Crippen LogP contribution in [-0.2, 0) is 19.0 Å². The maximum absolute atomic E-state index is 12.3. The third kappa shape index (κ3) is 3.78. The molecule has 5 aliphatic heterocycles. The normalized spacial score (nSPS) is 42.1. The first-order chi connectivity index (χ1) is 16.9. The van der Waals surface area contributed by atoms with Gasteiger partial charge in [0, 0.05) is 30.0 Å². The fourth-order valence-electron chi connectivity index (χ4n) is 8.38. The molecule has 0 amide bonds. The highest BCUT2D eigenvalue weighted by Crippen LogP contribution is 2.53. The molecule has 0 aromatic rings. The van der Waals surface area contributed by atoms with Gasteiger partial charge >= 0.3 is 5.97 Å². The zero-order chi connectivity index (χ0) is 24.3. The van der Waals surface area contributed by atoms with E-state index >= 15 is 0 Å². The molecule has 0 spiro atoms. The molecule has 0 aromatic heterocycles. The fraction of sp³-hybridized carbons (Fsp3) is 0.759. The molecular weight excluding hydrogens is 442 g/mol. The number of hydrogen-bond donors (Lipinski definition) is 1. The standard InChI is InChI=1S/C29H41NO5/c1-17-24-21-10-7-11-23-29(32,16-19-8-5-4-6-9-19)15-14-20(30(21)23)12-13-22(24)34-26(17)27-25(33-3)18(2)28(31)35-27/h13,17,19-21,23-24,32H,4-12,14-16H2,1-3H3/t17-,20+,21-,23-,24+,29-/m0/s1. The number of rotatable bonds is 3. The van der Waals surface area contributed by atoms with E-state index in [0.29, 0.717) is 35.1 Å². The first kappa shape index (κ1) is 23.6. The zero-order valence-corrected chi connectivity index (χ0v) is 21.6. The number of piperidine rings is 2. The van der Waals surface area contributed by atoms with Crippen molar-refractivity contribution in [3.63, 3.8) is 0 Å². The molecule has 0 aromatic carbocycles. The maximum Gasteiger partial charge on any atom is 0.343 e. The largest absolute Gasteiger partial charge is 0.492 e. The molecule has 1 saturated carbocycles. The molecule has 4 fully saturated rings. The minimum atomic E-state index is -0.574. The van der Waals surface area contributed by atoms with Gasteiger partial charge in [-0.05, 0) is 57.4 Å². The van der Waals surface area contributed by atoms with Crippen LogP contribution in [0.5, 0.6) is 0 Å². The lowest BCUT2D eigenvalue weighted by atomic mass is 9.68. The van der Waals surface area contributed by atoms with Gasteiger partial charge in [0.25, 0.3) is 0 Å². The predicted octanol–water partition coefficient (Wildman–Crippen LogP) is 5.33. The van der Waals surface area contributed by atoms with Crippen molar-refractivity contribution >= 4 is 5.97 Å². The monoisotopic (exact) mass is 483 g/mol. The van der Waals surface area contributed by atoms with Crippen LogP contribution < -0.4 is 0 Å². The average molecular weight is 484 g/mol. The van der Waals surface area contributed by atoms with Gasteiger partial charge in [0.15, 0.2) is 11.5 Å². The Hall–Kier alpha value is -1.79. The minimum Gasteiger partial charge on any atom is -0.492 e. The SMILES string of the molecule is COC1=C(C)C(=O)OC1=C1OC2=CC[C@@H]3CC[C@](O)(CC4CCCCC4)[C@@H]4CCC[C@@H]([C@H]2[C@@H]1C)N34. The van der Waals surface area contributed by atoms with Gasteiger partial charge in [0.1, 0.15) is 5.76 Å². The van der Waals surface area contributed by atoms with Crippen molar-refractivity contribution in [2.45, 2.75) is 115 Å². The van der Waals surface area contributed by atoms with E-state index in [1.807, 2.05) is 0 Å². The molecule has 0 bridgehead atoms. The molecule has 6 rings (SSSR count). The maximum atomic E-state index is 12.3. The molecule has 0 unspecified atom stereocenters. The van der Waals surface area contributed by atoms with Gasteiger partial charge in [0.05, 0.1) is 18.3 Å². The first-order valence-electron chi connectivity index (χ1n) is 14.0. The Morgan fingerprint density at radius 2 is 1.91 bits per heavy atom. The van der Waals surface area contributed by atoms with Gasteiger partial charge in [-0.2, -0.15) is 0 Å². The lowest BCUT2D eigenvalue weighted by molar-refractivity contribution is -0.149. The number of esters is 1. The Bertz CT molecular complexity index is 976. The zero-order valence-electron chi connectivity index (χ0n) is 21.6. The number of aliphatic hydroxyl groups is 1. The minimum absolute atomic E-state index is 0.0796. The van der Waals surface area contributed by atoms with Gasteiger partial charge in [-0.1, -0.05) is 45.4 Å². The van der Waals surface area contributed by atoms with Gasteiger partial charge in [0.2, 0.25) is 5.76 Å². The lowest BCUT2D eigenvalue weighted by Crippen LogP contribution is -2.66. The summed E-state index contributed by atoms with van der Waals surface area (Å²) in [5, 5.41) is 12.1. The summed E-state index contributed by atoms with van der Waals surface area (Å²) in [6.45, 7) is 3.94. The number of allylic oxidation sites excluding steroid dienone is 1. The summed E-state index contributed by atoms with van der Waals surface area (Å²) in [7, 11) is 1.58. The van der Waals surface area contributed by atoms with Gasteiger partial charge in [-0.25, -0.2) is 4.79 Å². The highest BCUT2D eigenvalue weighted by molar-refractivity contribution is 5.93. The Morgan fingerprint density at radius 1 is 1.11 bits per heavy atom. The number of cyclic esters (lactones) is 1. The number of nitrogens with zero attached hydrogens (tertiary/aromatic N) is 1. The number of methoxy groups -OCH3 is 1. The van der Waals surface area contributed by atoms with Crippen LogP contribution in [0.4, 0.5) is 0 Å². The predicted molar refractivity (Wildman–Crippen MR) is 132 cm³/mol. The van der Waals surface area contributed by atoms with Crippen LogP contribution in [0.25, 0.3) is 0 Å². The van der Waals surface area contributed by atoms with E-state index in [2.05, 4.69) is 17.9 Å². The lowest BCUT2D eigenvalue weighted by Gasteiger charge is -2.57. The molecule has 5 heterocycles. The fourth-order valence-corrected chi connectivity index (χ4v) is 8.38. The van der Waals surface area contributed by atoms with Crippen LogP contribution in [0.15, 0.2) is 34.7 Å². The van der Waals surface area contributed by atoms with Crippen LogP contribution in [0.2, 0.25) is 0 Å². The topological polar surface area (TPSA) is 68.2 Å². The van der Waals surface area contributed by atoms with E-state index in [9.17, 15) is 9.90 Å². The van der Waals surface area contributed by atoms with Crippen molar-refractivity contribution < 1.29 is 24.1 Å². The molecule has 3 saturated heterocycles. The molecular formula is C29H41NO5. The smallest absolute Gasteiger partial charge is 0.343 e. The molecule has 192 valence electrons. The van der Waals surface area contributed by atoms with Crippen molar-refractivity contribution in [3.05, 3.63) is 34.7 Å². The number of carbonyl (C=O) groups excluding carboxylic acids is 1. The Morgan fingerprint density at radius 3 is 2.69 bits per heavy atom. The van der Waals surface area contributed by atoms with Crippen LogP contribution in [-0.4, -0.2) is 46.8 Å². The van der Waals surface area contributed by atoms with E-state index in [1.165, 1.54) is 32.1 Å². The van der Waals surface area contributed by atoms with Crippen LogP contribution >= 0.6 is 0 Å². The van der Waals surface area contributed by atoms with Crippen molar-refractivity contribution in [2.24, 2.45) is 17.8 Å². The first-order valence-corrected chi connectivity index (χ1v) is 14.0. The summed E-state index contributed by atoms with van der Waals surface area (Å²) in [4.78, 5) is 15.0. The Balaban J connectivity index is 1.31. The van der Waals surface area contributed by atoms with Crippen LogP contribution in [0.3, 0.4) is 0 Å². The third-order valence-corrected chi connectivity index (χ3v) is 10.0. The van der Waals surface area contributed by atoms with E-state index in [1.54, 1.807) is 14.0 Å². The summed E-state index contributed by atoms with van der Waals surface area (Å²) in [6, 6.07) is 1.05. The second-order valence-electron chi connectivity index (χ2n) is 12.0. The van der Waals surface area contributed by atoms with Gasteiger partial charge in [-0.3, -0.25) is 4.90 Å². The van der Waals surface area contributed by atoms with E-state index in [-0.39, 0.29) is 23.8 Å².